The Morgan fingerprint density at radius 3 is 2.87 bits per heavy atom. The van der Waals surface area contributed by atoms with Crippen LogP contribution in [0.2, 0.25) is 0 Å². The molecule has 1 aliphatic heterocycles. The fourth-order valence-corrected chi connectivity index (χ4v) is 1.95. The summed E-state index contributed by atoms with van der Waals surface area (Å²) in [5.41, 5.74) is -0.0918. The third-order valence-corrected chi connectivity index (χ3v) is 2.82. The van der Waals surface area contributed by atoms with Crippen molar-refractivity contribution in [1.82, 2.24) is 10.3 Å². The lowest BCUT2D eigenvalue weighted by atomic mass is 9.88. The molecule has 2 rings (SSSR count). The van der Waals surface area contributed by atoms with Gasteiger partial charge in [-0.05, 0) is 38.1 Å². The van der Waals surface area contributed by atoms with Crippen LogP contribution in [0, 0.1) is 5.82 Å². The van der Waals surface area contributed by atoms with Gasteiger partial charge in [0, 0.05) is 18.3 Å². The number of nitrogens with zero attached hydrogens (tertiary/aromatic N) is 1. The van der Waals surface area contributed by atoms with Gasteiger partial charge in [0.15, 0.2) is 0 Å². The Morgan fingerprint density at radius 2 is 2.20 bits per heavy atom. The maximum absolute atomic E-state index is 12.9. The molecule has 1 aromatic heterocycles. The Kier molecular flexibility index (Phi) is 2.98. The standard InChI is InChI=1S/C11H15FN2O/c12-9-1-4-14-10(7-9)8-11(15)2-5-13-6-3-11/h1,4,7,13,15H,2-3,5-6,8H2. The number of halogens is 1. The third kappa shape index (κ3) is 2.73. The largest absolute Gasteiger partial charge is 0.389 e. The van der Waals surface area contributed by atoms with E-state index in [-0.39, 0.29) is 5.82 Å². The summed E-state index contributed by atoms with van der Waals surface area (Å²) in [6, 6.07) is 2.70. The van der Waals surface area contributed by atoms with Gasteiger partial charge in [0.1, 0.15) is 5.82 Å². The molecule has 15 heavy (non-hydrogen) atoms. The minimum absolute atomic E-state index is 0.294. The van der Waals surface area contributed by atoms with Crippen molar-refractivity contribution in [1.29, 1.82) is 0 Å². The minimum Gasteiger partial charge on any atom is -0.389 e. The molecule has 0 saturated carbocycles. The molecule has 1 saturated heterocycles. The van der Waals surface area contributed by atoms with E-state index >= 15 is 0 Å². The molecule has 2 N–H and O–H groups in total. The van der Waals surface area contributed by atoms with Crippen molar-refractivity contribution in [2.24, 2.45) is 0 Å². The highest BCUT2D eigenvalue weighted by Crippen LogP contribution is 2.22. The van der Waals surface area contributed by atoms with Gasteiger partial charge in [-0.3, -0.25) is 4.98 Å². The summed E-state index contributed by atoms with van der Waals surface area (Å²) in [6.45, 7) is 1.62. The average molecular weight is 210 g/mol. The lowest BCUT2D eigenvalue weighted by Crippen LogP contribution is -2.43. The van der Waals surface area contributed by atoms with Crippen LogP contribution >= 0.6 is 0 Å². The summed E-state index contributed by atoms with van der Waals surface area (Å²) < 4.78 is 12.9. The van der Waals surface area contributed by atoms with Crippen LogP contribution in [0.5, 0.6) is 0 Å². The van der Waals surface area contributed by atoms with Crippen LogP contribution in [0.3, 0.4) is 0 Å². The van der Waals surface area contributed by atoms with E-state index in [0.29, 0.717) is 25.0 Å². The summed E-state index contributed by atoms with van der Waals surface area (Å²) in [5.74, 6) is -0.294. The van der Waals surface area contributed by atoms with Crippen LogP contribution in [-0.2, 0) is 6.42 Å². The number of nitrogens with one attached hydrogen (secondary N) is 1. The first-order valence-electron chi connectivity index (χ1n) is 5.22. The average Bonchev–Trinajstić information content (AvgIpc) is 2.18. The second kappa shape index (κ2) is 4.24. The molecule has 3 nitrogen and oxygen atoms in total. The molecule has 0 aliphatic carbocycles. The lowest BCUT2D eigenvalue weighted by molar-refractivity contribution is 0.00997. The molecule has 0 unspecified atom stereocenters. The Balaban J connectivity index is 2.06. The first-order chi connectivity index (χ1) is 7.18. The van der Waals surface area contributed by atoms with Gasteiger partial charge in [-0.2, -0.15) is 0 Å². The molecule has 0 aromatic carbocycles. The molecule has 0 radical (unpaired) electrons. The van der Waals surface area contributed by atoms with Crippen LogP contribution in [-0.4, -0.2) is 28.8 Å². The Labute approximate surface area is 88.3 Å². The highest BCUT2D eigenvalue weighted by Gasteiger charge is 2.29. The van der Waals surface area contributed by atoms with Crippen LogP contribution < -0.4 is 5.32 Å². The molecular weight excluding hydrogens is 195 g/mol. The van der Waals surface area contributed by atoms with Crippen molar-refractivity contribution in [2.45, 2.75) is 24.9 Å². The van der Waals surface area contributed by atoms with Gasteiger partial charge >= 0.3 is 0 Å². The number of aromatic nitrogens is 1. The van der Waals surface area contributed by atoms with Gasteiger partial charge in [-0.15, -0.1) is 0 Å². The van der Waals surface area contributed by atoms with Crippen LogP contribution in [0.1, 0.15) is 18.5 Å². The number of pyridine rings is 1. The SMILES string of the molecule is OC1(Cc2cc(F)ccn2)CCNCC1. The normalized spacial score (nSPS) is 20.1. The van der Waals surface area contributed by atoms with Crippen LogP contribution in [0.25, 0.3) is 0 Å². The van der Waals surface area contributed by atoms with Crippen molar-refractivity contribution in [3.63, 3.8) is 0 Å². The van der Waals surface area contributed by atoms with Crippen LogP contribution in [0.15, 0.2) is 18.3 Å². The van der Waals surface area contributed by atoms with Crippen molar-refractivity contribution >= 4 is 0 Å². The molecular formula is C11H15FN2O. The molecule has 1 fully saturated rings. The van der Waals surface area contributed by atoms with Gasteiger partial charge in [-0.1, -0.05) is 0 Å². The third-order valence-electron chi connectivity index (χ3n) is 2.82. The van der Waals surface area contributed by atoms with E-state index in [9.17, 15) is 9.50 Å². The number of aliphatic hydroxyl groups is 1. The first-order valence-corrected chi connectivity index (χ1v) is 5.22. The molecule has 0 amide bonds. The lowest BCUT2D eigenvalue weighted by Gasteiger charge is -2.32. The quantitative estimate of drug-likeness (QED) is 0.761. The number of hydrogen-bond donors (Lipinski definition) is 2. The zero-order valence-corrected chi connectivity index (χ0v) is 8.54. The topological polar surface area (TPSA) is 45.2 Å². The van der Waals surface area contributed by atoms with Gasteiger partial charge in [0.05, 0.1) is 5.60 Å². The Bertz CT molecular complexity index is 337. The van der Waals surface area contributed by atoms with Gasteiger partial charge in [0.2, 0.25) is 0 Å². The maximum Gasteiger partial charge on any atom is 0.126 e. The zero-order chi connectivity index (χ0) is 10.7. The molecule has 4 heteroatoms. The van der Waals surface area contributed by atoms with E-state index in [1.165, 1.54) is 18.3 Å². The fourth-order valence-electron chi connectivity index (χ4n) is 1.95. The van der Waals surface area contributed by atoms with Crippen molar-refractivity contribution in [2.75, 3.05) is 13.1 Å². The minimum atomic E-state index is -0.716. The Morgan fingerprint density at radius 1 is 1.47 bits per heavy atom. The van der Waals surface area contributed by atoms with Crippen molar-refractivity contribution in [3.8, 4) is 0 Å². The van der Waals surface area contributed by atoms with Crippen LogP contribution in [0.4, 0.5) is 4.39 Å². The number of hydrogen-bond acceptors (Lipinski definition) is 3. The van der Waals surface area contributed by atoms with Crippen molar-refractivity contribution < 1.29 is 9.50 Å². The first kappa shape index (κ1) is 10.5. The number of rotatable bonds is 2. The molecule has 82 valence electrons. The predicted octanol–water partition coefficient (Wildman–Crippen LogP) is 0.878. The summed E-state index contributed by atoms with van der Waals surface area (Å²) in [5, 5.41) is 13.4. The smallest absolute Gasteiger partial charge is 0.126 e. The van der Waals surface area contributed by atoms with E-state index in [0.717, 1.165) is 13.1 Å². The molecule has 2 heterocycles. The molecule has 1 aliphatic rings. The summed E-state index contributed by atoms with van der Waals surface area (Å²) in [6.07, 6.45) is 3.28. The second-order valence-electron chi connectivity index (χ2n) is 4.12. The summed E-state index contributed by atoms with van der Waals surface area (Å²) >= 11 is 0. The van der Waals surface area contributed by atoms with E-state index in [1.807, 2.05) is 0 Å². The fraction of sp³-hybridized carbons (Fsp3) is 0.545. The second-order valence-corrected chi connectivity index (χ2v) is 4.12. The van der Waals surface area contributed by atoms with E-state index in [1.54, 1.807) is 0 Å². The highest BCUT2D eigenvalue weighted by atomic mass is 19.1. The van der Waals surface area contributed by atoms with Gasteiger partial charge in [0.25, 0.3) is 0 Å². The predicted molar refractivity (Wildman–Crippen MR) is 55.0 cm³/mol. The molecule has 0 atom stereocenters. The number of piperidine rings is 1. The summed E-state index contributed by atoms with van der Waals surface area (Å²) in [7, 11) is 0. The Hall–Kier alpha value is -1.00. The van der Waals surface area contributed by atoms with E-state index in [4.69, 9.17) is 0 Å². The summed E-state index contributed by atoms with van der Waals surface area (Å²) in [4.78, 5) is 4.06. The highest BCUT2D eigenvalue weighted by molar-refractivity contribution is 5.09. The molecule has 0 spiro atoms. The molecule has 1 aromatic rings. The maximum atomic E-state index is 12.9. The molecule has 0 bridgehead atoms. The zero-order valence-electron chi connectivity index (χ0n) is 8.54. The van der Waals surface area contributed by atoms with Gasteiger partial charge in [-0.25, -0.2) is 4.39 Å². The van der Waals surface area contributed by atoms with E-state index < -0.39 is 5.60 Å². The van der Waals surface area contributed by atoms with E-state index in [2.05, 4.69) is 10.3 Å². The monoisotopic (exact) mass is 210 g/mol. The van der Waals surface area contributed by atoms with Crippen molar-refractivity contribution in [3.05, 3.63) is 29.8 Å². The van der Waals surface area contributed by atoms with Gasteiger partial charge < -0.3 is 10.4 Å².